The van der Waals surface area contributed by atoms with Crippen LogP contribution in [0.25, 0.3) is 0 Å². The van der Waals surface area contributed by atoms with Gasteiger partial charge in [0.2, 0.25) is 0 Å². The van der Waals surface area contributed by atoms with Crippen LogP contribution < -0.4 is 0 Å². The molecule has 0 atom stereocenters. The first-order valence-electron chi connectivity index (χ1n) is 6.43. The Labute approximate surface area is 121 Å². The molecule has 0 aromatic heterocycles. The maximum Gasteiger partial charge on any atom is -0.147 e. The third kappa shape index (κ3) is 2.51. The summed E-state index contributed by atoms with van der Waals surface area (Å²) in [6, 6.07) is 0. The van der Waals surface area contributed by atoms with E-state index in [1.165, 1.54) is 12.8 Å². The Morgan fingerprint density at radius 2 is 1.44 bits per heavy atom. The SMILES string of the molecule is C[C](C)=[Ti]([C]1=CC=CC1)([C]1=CC=CC1)=[Si](C)C.Cl. The Morgan fingerprint density at radius 1 is 1.00 bits per heavy atom. The Kier molecular flexibility index (Phi) is 5.79. The monoisotopic (exact) mass is 314 g/mol. The molecular weight excluding hydrogens is 292 g/mol. The van der Waals surface area contributed by atoms with Gasteiger partial charge in [-0.25, -0.2) is 0 Å². The van der Waals surface area contributed by atoms with Crippen LogP contribution in [0.5, 0.6) is 0 Å². The minimum absolute atomic E-state index is 0. The van der Waals surface area contributed by atoms with Gasteiger partial charge < -0.3 is 0 Å². The first kappa shape index (κ1) is 16.1. The first-order valence-corrected chi connectivity index (χ1v) is 13.6. The maximum absolute atomic E-state index is 2.54. The minimum atomic E-state index is -2.08. The molecule has 3 heteroatoms. The number of rotatable bonds is 2. The summed E-state index contributed by atoms with van der Waals surface area (Å²) in [5, 5.41) is 0. The molecule has 0 nitrogen and oxygen atoms in total. The van der Waals surface area contributed by atoms with E-state index in [9.17, 15) is 0 Å². The fourth-order valence-corrected chi connectivity index (χ4v) is 23.0. The summed E-state index contributed by atoms with van der Waals surface area (Å²) in [4.78, 5) is 0. The third-order valence-corrected chi connectivity index (χ3v) is 23.8. The van der Waals surface area contributed by atoms with Crippen molar-refractivity contribution in [3.63, 3.8) is 0 Å². The molecule has 0 aromatic carbocycles. The summed E-state index contributed by atoms with van der Waals surface area (Å²) >= 11 is -2.08. The zero-order valence-corrected chi connectivity index (χ0v) is 15.2. The van der Waals surface area contributed by atoms with Crippen molar-refractivity contribution in [2.45, 2.75) is 39.8 Å². The molecule has 0 unspecified atom stereocenters. The van der Waals surface area contributed by atoms with Crippen LogP contribution >= 0.6 is 12.4 Å². The zero-order chi connectivity index (χ0) is 12.5. The third-order valence-electron chi connectivity index (χ3n) is 4.01. The smallest absolute Gasteiger partial charge is 0.147 e. The fraction of sp³-hybridized carbons (Fsp3) is 0.400. The van der Waals surface area contributed by atoms with E-state index in [2.05, 4.69) is 63.4 Å². The van der Waals surface area contributed by atoms with E-state index < -0.39 is 14.9 Å². The minimum Gasteiger partial charge on any atom is -0.147 e. The van der Waals surface area contributed by atoms with Crippen LogP contribution in [0.2, 0.25) is 13.1 Å². The predicted octanol–water partition coefficient (Wildman–Crippen LogP) is 4.71. The van der Waals surface area contributed by atoms with Crippen molar-refractivity contribution in [3.8, 4) is 0 Å². The summed E-state index contributed by atoms with van der Waals surface area (Å²) in [6.07, 6.45) is 16.3. The molecule has 18 heavy (non-hydrogen) atoms. The molecule has 0 N–H and O–H groups in total. The second-order valence-corrected chi connectivity index (χ2v) is 21.1. The molecule has 0 radical (unpaired) electrons. The maximum atomic E-state index is 2.54. The molecule has 2 aliphatic rings. The van der Waals surface area contributed by atoms with E-state index in [1.807, 2.05) is 0 Å². The van der Waals surface area contributed by atoms with Crippen LogP contribution in [-0.4, -0.2) is 10.00 Å². The first-order chi connectivity index (χ1) is 8.10. The number of halogens is 1. The van der Waals surface area contributed by atoms with Crippen LogP contribution in [0.15, 0.2) is 44.2 Å². The van der Waals surface area contributed by atoms with Crippen LogP contribution in [-0.2, 0) is 14.9 Å². The van der Waals surface area contributed by atoms with Crippen molar-refractivity contribution in [3.05, 3.63) is 44.2 Å². The van der Waals surface area contributed by atoms with Gasteiger partial charge in [0.15, 0.2) is 0 Å². The topological polar surface area (TPSA) is 0 Å². The average Bonchev–Trinajstić information content (AvgIpc) is 2.88. The molecule has 0 aliphatic heterocycles. The predicted molar refractivity (Wildman–Crippen MR) is 84.8 cm³/mol. The molecule has 2 aliphatic carbocycles. The van der Waals surface area contributed by atoms with Crippen molar-refractivity contribution >= 4 is 22.4 Å². The van der Waals surface area contributed by atoms with Gasteiger partial charge in [-0.2, -0.15) is 0 Å². The van der Waals surface area contributed by atoms with E-state index in [4.69, 9.17) is 0 Å². The number of hydrogen-bond donors (Lipinski definition) is 0. The summed E-state index contributed by atoms with van der Waals surface area (Å²) in [5.41, 5.74) is 0. The summed E-state index contributed by atoms with van der Waals surface area (Å²) in [6.45, 7) is 9.87. The Balaban J connectivity index is 0.00000162. The number of hydrogen-bond acceptors (Lipinski definition) is 0. The van der Waals surface area contributed by atoms with Gasteiger partial charge in [-0.15, -0.1) is 12.4 Å². The number of allylic oxidation sites excluding steroid dienone is 8. The summed E-state index contributed by atoms with van der Waals surface area (Å²) in [7, 11) is 0. The van der Waals surface area contributed by atoms with Crippen molar-refractivity contribution in [1.82, 2.24) is 0 Å². The normalized spacial score (nSPS) is 16.4. The van der Waals surface area contributed by atoms with Crippen LogP contribution in [0, 0.1) is 0 Å². The van der Waals surface area contributed by atoms with Gasteiger partial charge in [0.25, 0.3) is 0 Å². The van der Waals surface area contributed by atoms with Gasteiger partial charge in [0.05, 0.1) is 0 Å². The van der Waals surface area contributed by atoms with Gasteiger partial charge in [0, 0.05) is 0 Å². The van der Waals surface area contributed by atoms with Gasteiger partial charge in [-0.1, -0.05) is 0 Å². The van der Waals surface area contributed by atoms with Gasteiger partial charge in [-0.3, -0.25) is 0 Å². The molecule has 0 amide bonds. The molecular formula is C15H23ClSiTi. The molecule has 0 spiro atoms. The second kappa shape index (κ2) is 6.47. The van der Waals surface area contributed by atoms with Crippen LogP contribution in [0.4, 0.5) is 0 Å². The van der Waals surface area contributed by atoms with E-state index >= 15 is 0 Å². The van der Waals surface area contributed by atoms with Gasteiger partial charge in [-0.05, 0) is 0 Å². The van der Waals surface area contributed by atoms with Crippen LogP contribution in [0.1, 0.15) is 26.7 Å². The second-order valence-electron chi connectivity index (χ2n) is 5.40. The van der Waals surface area contributed by atoms with E-state index in [-0.39, 0.29) is 18.6 Å². The van der Waals surface area contributed by atoms with Crippen LogP contribution in [0.3, 0.4) is 0 Å². The molecule has 2 rings (SSSR count). The van der Waals surface area contributed by atoms with E-state index in [1.54, 1.807) is 11.6 Å². The fourth-order valence-electron chi connectivity index (χ4n) is 3.44. The average molecular weight is 315 g/mol. The quantitative estimate of drug-likeness (QED) is 0.647. The Bertz CT molecular complexity index is 516. The molecule has 0 bridgehead atoms. The Hall–Kier alpha value is 0.0512. The molecule has 98 valence electrons. The molecule has 0 heterocycles. The van der Waals surface area contributed by atoms with Gasteiger partial charge >= 0.3 is 109 Å². The Morgan fingerprint density at radius 3 is 1.67 bits per heavy atom. The van der Waals surface area contributed by atoms with E-state index in [0.29, 0.717) is 0 Å². The van der Waals surface area contributed by atoms with Crippen molar-refractivity contribution < 1.29 is 14.9 Å². The van der Waals surface area contributed by atoms with Crippen molar-refractivity contribution in [1.29, 1.82) is 0 Å². The molecule has 0 aromatic rings. The molecule has 0 saturated carbocycles. The van der Waals surface area contributed by atoms with Gasteiger partial charge in [0.1, 0.15) is 0 Å². The van der Waals surface area contributed by atoms with E-state index in [0.717, 1.165) is 0 Å². The summed E-state index contributed by atoms with van der Waals surface area (Å²) < 4.78 is 5.37. The molecule has 0 fully saturated rings. The van der Waals surface area contributed by atoms with Crippen molar-refractivity contribution in [2.75, 3.05) is 0 Å². The summed E-state index contributed by atoms with van der Waals surface area (Å²) in [5.74, 6) is 0. The molecule has 0 saturated heterocycles. The largest absolute Gasteiger partial charge is 0.147 e. The zero-order valence-electron chi connectivity index (χ0n) is 11.8. The van der Waals surface area contributed by atoms with Crippen molar-refractivity contribution in [2.24, 2.45) is 0 Å². The standard InChI is InChI=1S/2C5H5.C3H6.C2H6Si.ClH.Ti/c2*1-2-4-5-3-1;2*1-3-2;;/h2*1-3H,4H2;2*1-2H3;1H;.